The number of rotatable bonds is 1. The molecule has 6 heteroatoms. The van der Waals surface area contributed by atoms with Crippen LogP contribution in [0.25, 0.3) is 0 Å². The summed E-state index contributed by atoms with van der Waals surface area (Å²) in [4.78, 5) is 17.0. The number of nitrogens with zero attached hydrogens (tertiary/aromatic N) is 2. The van der Waals surface area contributed by atoms with Crippen LogP contribution in [0.2, 0.25) is 0 Å². The Kier molecular flexibility index (Phi) is 3.12. The number of piperidine rings is 1. The highest BCUT2D eigenvalue weighted by molar-refractivity contribution is 5.98. The van der Waals surface area contributed by atoms with Gasteiger partial charge in [0.2, 0.25) is 0 Å². The molecule has 1 aliphatic carbocycles. The van der Waals surface area contributed by atoms with E-state index >= 15 is 0 Å². The molecule has 1 aromatic carbocycles. The minimum absolute atomic E-state index is 0.154. The Morgan fingerprint density at radius 1 is 1.30 bits per heavy atom. The molecule has 2 N–H and O–H groups in total. The van der Waals surface area contributed by atoms with Crippen LogP contribution in [0, 0.1) is 17.8 Å². The zero-order valence-electron chi connectivity index (χ0n) is 15.5. The molecule has 4 heterocycles. The van der Waals surface area contributed by atoms with Crippen molar-refractivity contribution in [3.63, 3.8) is 0 Å². The van der Waals surface area contributed by atoms with Crippen molar-refractivity contribution in [3.05, 3.63) is 29.8 Å². The third-order valence-electron chi connectivity index (χ3n) is 8.46. The number of anilines is 1. The number of para-hydroxylation sites is 1. The summed E-state index contributed by atoms with van der Waals surface area (Å²) in [6.45, 7) is 3.95. The molecule has 5 aliphatic rings. The van der Waals surface area contributed by atoms with E-state index in [9.17, 15) is 15.0 Å². The molecule has 0 radical (unpaired) electrons. The van der Waals surface area contributed by atoms with Crippen LogP contribution in [0.15, 0.2) is 24.3 Å². The smallest absolute Gasteiger partial charge is 0.252 e. The molecule has 7 atom stereocenters. The van der Waals surface area contributed by atoms with Crippen molar-refractivity contribution in [1.29, 1.82) is 0 Å². The lowest BCUT2D eigenvalue weighted by atomic mass is 9.51. The summed E-state index contributed by atoms with van der Waals surface area (Å²) in [5, 5.41) is 21.8. The third-order valence-corrected chi connectivity index (χ3v) is 8.46. The molecule has 0 unspecified atom stereocenters. The van der Waals surface area contributed by atoms with Gasteiger partial charge < -0.3 is 19.8 Å². The standard InChI is InChI=1S/C21H26N2O4/c1-12-14-9-22-7-6-20-16-4-2-3-5-17(16)23(18(25)10-24)19(20)15(11-27-12)13(14)8-21(20,22)26/h2-5,12-15,19,24,26H,6-11H2,1H3/t12-,13+,14+,15-,19+,20+,21-/m1/s1. The Balaban J connectivity index is 1.62. The van der Waals surface area contributed by atoms with Crippen molar-refractivity contribution in [2.24, 2.45) is 17.8 Å². The van der Waals surface area contributed by atoms with Gasteiger partial charge in [-0.25, -0.2) is 0 Å². The number of carbonyl (C=O) groups is 1. The largest absolute Gasteiger partial charge is 0.387 e. The first kappa shape index (κ1) is 16.5. The average molecular weight is 370 g/mol. The molecular weight excluding hydrogens is 344 g/mol. The fourth-order valence-corrected chi connectivity index (χ4v) is 7.45. The van der Waals surface area contributed by atoms with E-state index in [2.05, 4.69) is 17.9 Å². The molecule has 144 valence electrons. The molecule has 1 aromatic rings. The summed E-state index contributed by atoms with van der Waals surface area (Å²) in [6.07, 6.45) is 1.77. The quantitative estimate of drug-likeness (QED) is 0.762. The Bertz CT molecular complexity index is 830. The number of aliphatic hydroxyl groups is 2. The number of hydrogen-bond donors (Lipinski definition) is 2. The summed E-state index contributed by atoms with van der Waals surface area (Å²) in [5.41, 5.74) is 0.508. The Labute approximate surface area is 158 Å². The summed E-state index contributed by atoms with van der Waals surface area (Å²) in [7, 11) is 0. The molecule has 1 spiro atoms. The lowest BCUT2D eigenvalue weighted by Crippen LogP contribution is -2.75. The summed E-state index contributed by atoms with van der Waals surface area (Å²) < 4.78 is 6.19. The number of aliphatic hydroxyl groups excluding tert-OH is 1. The zero-order chi connectivity index (χ0) is 18.6. The fraction of sp³-hybridized carbons (Fsp3) is 0.667. The molecule has 4 aliphatic heterocycles. The predicted molar refractivity (Wildman–Crippen MR) is 98.1 cm³/mol. The van der Waals surface area contributed by atoms with Crippen molar-refractivity contribution in [2.75, 3.05) is 31.2 Å². The van der Waals surface area contributed by atoms with Crippen LogP contribution in [0.4, 0.5) is 5.69 Å². The van der Waals surface area contributed by atoms with Gasteiger partial charge in [0, 0.05) is 30.6 Å². The molecule has 0 aromatic heterocycles. The predicted octanol–water partition coefficient (Wildman–Crippen LogP) is 0.711. The summed E-state index contributed by atoms with van der Waals surface area (Å²) in [6, 6.07) is 7.83. The van der Waals surface area contributed by atoms with Gasteiger partial charge in [0.15, 0.2) is 0 Å². The normalized spacial score (nSPS) is 46.9. The van der Waals surface area contributed by atoms with Gasteiger partial charge in [-0.3, -0.25) is 9.69 Å². The van der Waals surface area contributed by atoms with Gasteiger partial charge in [-0.15, -0.1) is 0 Å². The van der Waals surface area contributed by atoms with Crippen molar-refractivity contribution in [2.45, 2.75) is 43.1 Å². The van der Waals surface area contributed by atoms with E-state index in [1.807, 2.05) is 23.1 Å². The van der Waals surface area contributed by atoms with Crippen LogP contribution < -0.4 is 4.90 Å². The van der Waals surface area contributed by atoms with Gasteiger partial charge in [-0.05, 0) is 37.3 Å². The van der Waals surface area contributed by atoms with E-state index in [0.29, 0.717) is 18.4 Å². The van der Waals surface area contributed by atoms with Crippen molar-refractivity contribution in [3.8, 4) is 0 Å². The first-order valence-corrected chi connectivity index (χ1v) is 10.1. The molecule has 6 nitrogen and oxygen atoms in total. The lowest BCUT2D eigenvalue weighted by molar-refractivity contribution is -0.249. The lowest BCUT2D eigenvalue weighted by Gasteiger charge is -2.64. The molecule has 4 fully saturated rings. The van der Waals surface area contributed by atoms with Crippen molar-refractivity contribution >= 4 is 11.6 Å². The highest BCUT2D eigenvalue weighted by Crippen LogP contribution is 2.67. The van der Waals surface area contributed by atoms with E-state index in [0.717, 1.165) is 37.2 Å². The van der Waals surface area contributed by atoms with Crippen LogP contribution in [0.5, 0.6) is 0 Å². The van der Waals surface area contributed by atoms with E-state index < -0.39 is 17.7 Å². The van der Waals surface area contributed by atoms with Gasteiger partial charge in [-0.1, -0.05) is 18.2 Å². The number of fused-ring (bicyclic) bond motifs is 2. The van der Waals surface area contributed by atoms with Gasteiger partial charge >= 0.3 is 0 Å². The number of ether oxygens (including phenoxy) is 1. The Morgan fingerprint density at radius 3 is 2.93 bits per heavy atom. The van der Waals surface area contributed by atoms with Crippen LogP contribution in [-0.4, -0.2) is 65.2 Å². The zero-order valence-corrected chi connectivity index (χ0v) is 15.5. The van der Waals surface area contributed by atoms with Crippen LogP contribution >= 0.6 is 0 Å². The second-order valence-electron chi connectivity index (χ2n) is 9.10. The highest BCUT2D eigenvalue weighted by Gasteiger charge is 2.76. The number of amides is 1. The van der Waals surface area contributed by atoms with Gasteiger partial charge in [0.05, 0.1) is 24.2 Å². The van der Waals surface area contributed by atoms with E-state index in [4.69, 9.17) is 4.74 Å². The summed E-state index contributed by atoms with van der Waals surface area (Å²) in [5.74, 6) is 0.639. The van der Waals surface area contributed by atoms with Crippen LogP contribution in [0.3, 0.4) is 0 Å². The summed E-state index contributed by atoms with van der Waals surface area (Å²) >= 11 is 0. The van der Waals surface area contributed by atoms with Crippen molar-refractivity contribution < 1.29 is 19.7 Å². The second kappa shape index (κ2) is 5.11. The minimum Gasteiger partial charge on any atom is -0.387 e. The highest BCUT2D eigenvalue weighted by atomic mass is 16.5. The van der Waals surface area contributed by atoms with E-state index in [-0.39, 0.29) is 24.0 Å². The SMILES string of the molecule is C[C@H]1OC[C@@H]2[C@H]3C[C@]4(O)N(CC[C@@]45c4ccccc4N(C(=O)CO)[C@@H]25)C[C@H]31. The average Bonchev–Trinajstić information content (AvgIpc) is 3.16. The fourth-order valence-electron chi connectivity index (χ4n) is 7.45. The Hall–Kier alpha value is -1.47. The molecule has 1 saturated carbocycles. The van der Waals surface area contributed by atoms with E-state index in [1.165, 1.54) is 0 Å². The van der Waals surface area contributed by atoms with Gasteiger partial charge in [0.25, 0.3) is 5.91 Å². The maximum atomic E-state index is 12.9. The van der Waals surface area contributed by atoms with Crippen LogP contribution in [-0.2, 0) is 14.9 Å². The molecule has 1 amide bonds. The topological polar surface area (TPSA) is 73.2 Å². The van der Waals surface area contributed by atoms with E-state index in [1.54, 1.807) is 0 Å². The molecule has 2 bridgehead atoms. The molecule has 27 heavy (non-hydrogen) atoms. The monoisotopic (exact) mass is 370 g/mol. The maximum absolute atomic E-state index is 12.9. The molecule has 6 rings (SSSR count). The number of benzene rings is 1. The van der Waals surface area contributed by atoms with Crippen LogP contribution in [0.1, 0.15) is 25.3 Å². The maximum Gasteiger partial charge on any atom is 0.252 e. The first-order valence-electron chi connectivity index (χ1n) is 10.1. The second-order valence-corrected chi connectivity index (χ2v) is 9.10. The van der Waals surface area contributed by atoms with Gasteiger partial charge in [-0.2, -0.15) is 0 Å². The first-order chi connectivity index (χ1) is 13.0. The third kappa shape index (κ3) is 1.66. The minimum atomic E-state index is -0.924. The molecule has 3 saturated heterocycles. The number of carbonyl (C=O) groups excluding carboxylic acids is 1. The Morgan fingerprint density at radius 2 is 2.11 bits per heavy atom. The molecular formula is C21H26N2O4. The van der Waals surface area contributed by atoms with Crippen molar-refractivity contribution in [1.82, 2.24) is 4.90 Å². The van der Waals surface area contributed by atoms with Gasteiger partial charge in [0.1, 0.15) is 12.3 Å². The number of hydrogen-bond acceptors (Lipinski definition) is 5.